The first-order valence-electron chi connectivity index (χ1n) is 7.78. The van der Waals surface area contributed by atoms with E-state index in [2.05, 4.69) is 6.92 Å². The fraction of sp³-hybridized carbons (Fsp3) is 0.529. The SMILES string of the molecule is CCOC(=O)c1ccc(OCC(=O)N2CCC(C)CC2)cc1. The minimum absolute atomic E-state index is 0.0152. The van der Waals surface area contributed by atoms with Crippen molar-refractivity contribution < 1.29 is 19.1 Å². The lowest BCUT2D eigenvalue weighted by atomic mass is 9.99. The Morgan fingerprint density at radius 3 is 2.41 bits per heavy atom. The Morgan fingerprint density at radius 1 is 1.18 bits per heavy atom. The zero-order valence-corrected chi connectivity index (χ0v) is 13.2. The maximum atomic E-state index is 12.1. The molecule has 22 heavy (non-hydrogen) atoms. The van der Waals surface area contributed by atoms with Crippen molar-refractivity contribution in [3.63, 3.8) is 0 Å². The average Bonchev–Trinajstić information content (AvgIpc) is 2.54. The zero-order chi connectivity index (χ0) is 15.9. The van der Waals surface area contributed by atoms with Gasteiger partial charge in [-0.1, -0.05) is 6.92 Å². The Bertz CT molecular complexity index is 504. The van der Waals surface area contributed by atoms with Crippen molar-refractivity contribution in [1.82, 2.24) is 4.90 Å². The van der Waals surface area contributed by atoms with E-state index in [0.717, 1.165) is 25.9 Å². The van der Waals surface area contributed by atoms with Crippen LogP contribution in [-0.2, 0) is 9.53 Å². The maximum Gasteiger partial charge on any atom is 0.338 e. The second kappa shape index (κ2) is 7.82. The normalized spacial score (nSPS) is 15.5. The molecule has 1 aliphatic rings. The van der Waals surface area contributed by atoms with E-state index < -0.39 is 0 Å². The Balaban J connectivity index is 1.81. The lowest BCUT2D eigenvalue weighted by Crippen LogP contribution is -2.40. The average molecular weight is 305 g/mol. The standard InChI is InChI=1S/C17H23NO4/c1-3-21-17(20)14-4-6-15(7-5-14)22-12-16(19)18-10-8-13(2)9-11-18/h4-7,13H,3,8-12H2,1-2H3. The van der Waals surface area contributed by atoms with E-state index in [1.165, 1.54) is 0 Å². The maximum absolute atomic E-state index is 12.1. The van der Waals surface area contributed by atoms with Gasteiger partial charge in [-0.25, -0.2) is 4.79 Å². The summed E-state index contributed by atoms with van der Waals surface area (Å²) in [6.07, 6.45) is 2.11. The summed E-state index contributed by atoms with van der Waals surface area (Å²) in [7, 11) is 0. The van der Waals surface area contributed by atoms with Crippen LogP contribution in [0, 0.1) is 5.92 Å². The Kier molecular flexibility index (Phi) is 5.81. The third-order valence-electron chi connectivity index (χ3n) is 3.86. The number of carbonyl (C=O) groups is 2. The molecule has 1 heterocycles. The minimum Gasteiger partial charge on any atom is -0.484 e. The zero-order valence-electron chi connectivity index (χ0n) is 13.2. The van der Waals surface area contributed by atoms with E-state index in [4.69, 9.17) is 9.47 Å². The molecule has 0 N–H and O–H groups in total. The number of hydrogen-bond donors (Lipinski definition) is 0. The molecule has 0 saturated carbocycles. The molecule has 1 aliphatic heterocycles. The van der Waals surface area contributed by atoms with Gasteiger partial charge in [0, 0.05) is 13.1 Å². The van der Waals surface area contributed by atoms with Crippen LogP contribution in [-0.4, -0.2) is 43.1 Å². The molecule has 0 radical (unpaired) electrons. The van der Waals surface area contributed by atoms with Gasteiger partial charge in [-0.3, -0.25) is 4.79 Å². The van der Waals surface area contributed by atoms with E-state index in [1.54, 1.807) is 31.2 Å². The van der Waals surface area contributed by atoms with E-state index in [0.29, 0.717) is 23.8 Å². The molecule has 5 heteroatoms. The van der Waals surface area contributed by atoms with Crippen molar-refractivity contribution in [3.05, 3.63) is 29.8 Å². The van der Waals surface area contributed by atoms with Crippen LogP contribution in [0.3, 0.4) is 0 Å². The summed E-state index contributed by atoms with van der Waals surface area (Å²) in [5.41, 5.74) is 0.477. The van der Waals surface area contributed by atoms with Crippen LogP contribution in [0.1, 0.15) is 37.0 Å². The molecular weight excluding hydrogens is 282 g/mol. The summed E-state index contributed by atoms with van der Waals surface area (Å²) in [5, 5.41) is 0. The number of ether oxygens (including phenoxy) is 2. The summed E-state index contributed by atoms with van der Waals surface area (Å²) in [6.45, 7) is 5.98. The molecule has 1 saturated heterocycles. The molecule has 0 spiro atoms. The van der Waals surface area contributed by atoms with Gasteiger partial charge in [0.1, 0.15) is 5.75 Å². The smallest absolute Gasteiger partial charge is 0.338 e. The Morgan fingerprint density at radius 2 is 1.82 bits per heavy atom. The van der Waals surface area contributed by atoms with Gasteiger partial charge in [0.05, 0.1) is 12.2 Å². The Hall–Kier alpha value is -2.04. The molecule has 0 bridgehead atoms. The minimum atomic E-state index is -0.354. The molecule has 0 unspecified atom stereocenters. The monoisotopic (exact) mass is 305 g/mol. The number of benzene rings is 1. The largest absolute Gasteiger partial charge is 0.484 e. The molecule has 1 aromatic rings. The highest BCUT2D eigenvalue weighted by molar-refractivity contribution is 5.89. The van der Waals surface area contributed by atoms with Crippen molar-refractivity contribution in [3.8, 4) is 5.75 Å². The summed E-state index contributed by atoms with van der Waals surface area (Å²) < 4.78 is 10.4. The number of nitrogens with zero attached hydrogens (tertiary/aromatic N) is 1. The van der Waals surface area contributed by atoms with Crippen molar-refractivity contribution >= 4 is 11.9 Å². The van der Waals surface area contributed by atoms with Crippen LogP contribution in [0.4, 0.5) is 0 Å². The molecule has 2 rings (SSSR count). The summed E-state index contributed by atoms with van der Waals surface area (Å²) >= 11 is 0. The predicted molar refractivity (Wildman–Crippen MR) is 82.9 cm³/mol. The first-order valence-corrected chi connectivity index (χ1v) is 7.78. The number of carbonyl (C=O) groups excluding carboxylic acids is 2. The van der Waals surface area contributed by atoms with E-state index in [9.17, 15) is 9.59 Å². The quantitative estimate of drug-likeness (QED) is 0.784. The van der Waals surface area contributed by atoms with Gasteiger partial charge in [-0.2, -0.15) is 0 Å². The second-order valence-corrected chi connectivity index (χ2v) is 5.60. The van der Waals surface area contributed by atoms with Crippen LogP contribution in [0.15, 0.2) is 24.3 Å². The fourth-order valence-electron chi connectivity index (χ4n) is 2.40. The van der Waals surface area contributed by atoms with Crippen molar-refractivity contribution in [2.75, 3.05) is 26.3 Å². The van der Waals surface area contributed by atoms with Crippen LogP contribution < -0.4 is 4.74 Å². The number of hydrogen-bond acceptors (Lipinski definition) is 4. The van der Waals surface area contributed by atoms with Crippen LogP contribution >= 0.6 is 0 Å². The number of esters is 1. The molecule has 0 aliphatic carbocycles. The third-order valence-corrected chi connectivity index (χ3v) is 3.86. The van der Waals surface area contributed by atoms with Gasteiger partial charge in [-0.15, -0.1) is 0 Å². The summed E-state index contributed by atoms with van der Waals surface area (Å²) in [4.78, 5) is 25.5. The van der Waals surface area contributed by atoms with E-state index in [1.807, 2.05) is 4.90 Å². The molecule has 1 amide bonds. The van der Waals surface area contributed by atoms with Gasteiger partial charge in [-0.05, 0) is 49.9 Å². The van der Waals surface area contributed by atoms with Crippen LogP contribution in [0.5, 0.6) is 5.75 Å². The summed E-state index contributed by atoms with van der Waals surface area (Å²) in [5.74, 6) is 0.932. The number of piperidine rings is 1. The second-order valence-electron chi connectivity index (χ2n) is 5.60. The van der Waals surface area contributed by atoms with Gasteiger partial charge in [0.25, 0.3) is 5.91 Å². The van der Waals surface area contributed by atoms with Gasteiger partial charge in [0.15, 0.2) is 6.61 Å². The first-order chi connectivity index (χ1) is 10.6. The first kappa shape index (κ1) is 16.3. The predicted octanol–water partition coefficient (Wildman–Crippen LogP) is 2.50. The highest BCUT2D eigenvalue weighted by Crippen LogP contribution is 2.17. The lowest BCUT2D eigenvalue weighted by Gasteiger charge is -2.30. The fourth-order valence-corrected chi connectivity index (χ4v) is 2.40. The topological polar surface area (TPSA) is 55.8 Å². The molecular formula is C17H23NO4. The van der Waals surface area contributed by atoms with Gasteiger partial charge in [0.2, 0.25) is 0 Å². The van der Waals surface area contributed by atoms with Gasteiger partial charge < -0.3 is 14.4 Å². The van der Waals surface area contributed by atoms with Crippen molar-refractivity contribution in [2.24, 2.45) is 5.92 Å². The number of amides is 1. The van der Waals surface area contributed by atoms with E-state index in [-0.39, 0.29) is 18.5 Å². The van der Waals surface area contributed by atoms with Crippen molar-refractivity contribution in [1.29, 1.82) is 0 Å². The molecule has 0 aromatic heterocycles. The third kappa shape index (κ3) is 4.48. The van der Waals surface area contributed by atoms with Crippen molar-refractivity contribution in [2.45, 2.75) is 26.7 Å². The van der Waals surface area contributed by atoms with Crippen LogP contribution in [0.2, 0.25) is 0 Å². The molecule has 0 atom stereocenters. The molecule has 120 valence electrons. The number of rotatable bonds is 5. The highest BCUT2D eigenvalue weighted by atomic mass is 16.5. The molecule has 1 fully saturated rings. The van der Waals surface area contributed by atoms with Gasteiger partial charge >= 0.3 is 5.97 Å². The molecule has 1 aromatic carbocycles. The summed E-state index contributed by atoms with van der Waals surface area (Å²) in [6, 6.07) is 6.64. The molecule has 5 nitrogen and oxygen atoms in total. The van der Waals surface area contributed by atoms with Crippen LogP contribution in [0.25, 0.3) is 0 Å². The van der Waals surface area contributed by atoms with E-state index >= 15 is 0 Å². The Labute approximate surface area is 131 Å². The lowest BCUT2D eigenvalue weighted by molar-refractivity contribution is -0.134. The number of likely N-dealkylation sites (tertiary alicyclic amines) is 1. The highest BCUT2D eigenvalue weighted by Gasteiger charge is 2.20.